The van der Waals surface area contributed by atoms with Crippen molar-refractivity contribution in [2.24, 2.45) is 18.4 Å². The normalized spacial score (nSPS) is 21.6. The highest BCUT2D eigenvalue weighted by Crippen LogP contribution is 2.47. The molecule has 0 amide bonds. The minimum Gasteiger partial charge on any atom is -0.313 e. The van der Waals surface area contributed by atoms with Crippen LogP contribution in [0.4, 0.5) is 0 Å². The molecular formula is C18H25N3. The summed E-state index contributed by atoms with van der Waals surface area (Å²) >= 11 is 0. The summed E-state index contributed by atoms with van der Waals surface area (Å²) in [5.74, 6) is 0.879. The van der Waals surface area contributed by atoms with Gasteiger partial charge < -0.3 is 5.32 Å². The first kappa shape index (κ1) is 13.3. The smallest absolute Gasteiger partial charge is 0.0709 e. The molecule has 1 aromatic heterocycles. The molecule has 2 aliphatic carbocycles. The predicted molar refractivity (Wildman–Crippen MR) is 86.3 cm³/mol. The zero-order valence-electron chi connectivity index (χ0n) is 13.1. The van der Waals surface area contributed by atoms with Crippen LogP contribution in [0.1, 0.15) is 38.3 Å². The molecule has 1 N–H and O–H groups in total. The molecule has 0 spiro atoms. The van der Waals surface area contributed by atoms with Crippen LogP contribution in [0.15, 0.2) is 24.3 Å². The maximum atomic E-state index is 4.82. The van der Waals surface area contributed by atoms with E-state index in [2.05, 4.69) is 43.6 Å². The van der Waals surface area contributed by atoms with Gasteiger partial charge in [0.15, 0.2) is 0 Å². The molecule has 0 saturated heterocycles. The van der Waals surface area contributed by atoms with Crippen LogP contribution in [0.3, 0.4) is 0 Å². The molecule has 3 heteroatoms. The van der Waals surface area contributed by atoms with Gasteiger partial charge in [-0.05, 0) is 49.5 Å². The van der Waals surface area contributed by atoms with Crippen molar-refractivity contribution in [2.45, 2.75) is 45.1 Å². The summed E-state index contributed by atoms with van der Waals surface area (Å²) in [6, 6.07) is 9.41. The predicted octanol–water partition coefficient (Wildman–Crippen LogP) is 3.28. The number of aromatic nitrogens is 2. The van der Waals surface area contributed by atoms with Gasteiger partial charge in [0.05, 0.1) is 11.2 Å². The molecule has 4 rings (SSSR count). The standard InChI is InChI=1S/C18H25N3/c1-18(13-7-8-13,12-19-14-9-10-14)11-16-15-5-3-4-6-17(15)21(2)20-16/h3-6,13-14,19H,7-12H2,1-2H3. The first-order chi connectivity index (χ1) is 10.2. The van der Waals surface area contributed by atoms with Crippen molar-refractivity contribution in [3.63, 3.8) is 0 Å². The second-order valence-corrected chi connectivity index (χ2v) is 7.35. The number of nitrogens with zero attached hydrogens (tertiary/aromatic N) is 2. The van der Waals surface area contributed by atoms with E-state index in [0.29, 0.717) is 5.41 Å². The highest BCUT2D eigenvalue weighted by atomic mass is 15.3. The summed E-state index contributed by atoms with van der Waals surface area (Å²) in [5.41, 5.74) is 2.89. The highest BCUT2D eigenvalue weighted by Gasteiger charge is 2.42. The third-order valence-corrected chi connectivity index (χ3v) is 5.34. The molecule has 21 heavy (non-hydrogen) atoms. The van der Waals surface area contributed by atoms with E-state index in [-0.39, 0.29) is 0 Å². The van der Waals surface area contributed by atoms with Gasteiger partial charge in [-0.15, -0.1) is 0 Å². The number of rotatable bonds is 6. The van der Waals surface area contributed by atoms with Gasteiger partial charge in [0, 0.05) is 25.0 Å². The Labute approximate surface area is 126 Å². The molecule has 2 fully saturated rings. The summed E-state index contributed by atoms with van der Waals surface area (Å²) in [6.45, 7) is 3.61. The van der Waals surface area contributed by atoms with E-state index in [1.807, 2.05) is 4.68 Å². The SMILES string of the molecule is Cn1nc(CC(C)(CNC2CC2)C2CC2)c2ccccc21. The lowest BCUT2D eigenvalue weighted by Gasteiger charge is -2.29. The minimum atomic E-state index is 0.361. The zero-order valence-corrected chi connectivity index (χ0v) is 13.1. The lowest BCUT2D eigenvalue weighted by atomic mass is 9.79. The van der Waals surface area contributed by atoms with E-state index in [1.165, 1.54) is 42.3 Å². The molecule has 0 bridgehead atoms. The van der Waals surface area contributed by atoms with Gasteiger partial charge in [-0.2, -0.15) is 5.10 Å². The summed E-state index contributed by atoms with van der Waals surface area (Å²) in [4.78, 5) is 0. The molecule has 1 heterocycles. The lowest BCUT2D eigenvalue weighted by Crippen LogP contribution is -2.36. The fourth-order valence-electron chi connectivity index (χ4n) is 3.60. The van der Waals surface area contributed by atoms with E-state index < -0.39 is 0 Å². The average molecular weight is 283 g/mol. The van der Waals surface area contributed by atoms with E-state index in [1.54, 1.807) is 0 Å². The zero-order chi connectivity index (χ0) is 14.4. The Morgan fingerprint density at radius 3 is 2.71 bits per heavy atom. The first-order valence-corrected chi connectivity index (χ1v) is 8.30. The molecule has 3 nitrogen and oxygen atoms in total. The van der Waals surface area contributed by atoms with Gasteiger partial charge in [0.25, 0.3) is 0 Å². The fourth-order valence-corrected chi connectivity index (χ4v) is 3.60. The first-order valence-electron chi connectivity index (χ1n) is 8.30. The number of nitrogens with one attached hydrogen (secondary N) is 1. The molecule has 112 valence electrons. The van der Waals surface area contributed by atoms with Crippen LogP contribution in [0.25, 0.3) is 10.9 Å². The fraction of sp³-hybridized carbons (Fsp3) is 0.611. The topological polar surface area (TPSA) is 29.9 Å². The third-order valence-electron chi connectivity index (χ3n) is 5.34. The van der Waals surface area contributed by atoms with E-state index >= 15 is 0 Å². The summed E-state index contributed by atoms with van der Waals surface area (Å²) in [6.07, 6.45) is 6.63. The minimum absolute atomic E-state index is 0.361. The Morgan fingerprint density at radius 2 is 2.00 bits per heavy atom. The summed E-state index contributed by atoms with van der Waals surface area (Å²) in [7, 11) is 2.06. The third kappa shape index (κ3) is 2.59. The monoisotopic (exact) mass is 283 g/mol. The van der Waals surface area contributed by atoms with Crippen LogP contribution in [-0.4, -0.2) is 22.4 Å². The molecule has 2 aliphatic rings. The van der Waals surface area contributed by atoms with Gasteiger partial charge in [0.1, 0.15) is 0 Å². The molecular weight excluding hydrogens is 258 g/mol. The van der Waals surface area contributed by atoms with Crippen LogP contribution >= 0.6 is 0 Å². The van der Waals surface area contributed by atoms with Crippen LogP contribution in [0, 0.1) is 11.3 Å². The maximum Gasteiger partial charge on any atom is 0.0709 e. The van der Waals surface area contributed by atoms with Crippen molar-refractivity contribution in [1.29, 1.82) is 0 Å². The van der Waals surface area contributed by atoms with Crippen molar-refractivity contribution >= 4 is 10.9 Å². The number of benzene rings is 1. The summed E-state index contributed by atoms with van der Waals surface area (Å²) < 4.78 is 2.03. The van der Waals surface area contributed by atoms with Crippen LogP contribution < -0.4 is 5.32 Å². The van der Waals surface area contributed by atoms with Gasteiger partial charge in [-0.25, -0.2) is 0 Å². The Balaban J connectivity index is 1.61. The number of aryl methyl sites for hydroxylation is 1. The van der Waals surface area contributed by atoms with E-state index in [0.717, 1.165) is 24.9 Å². The second kappa shape index (κ2) is 4.84. The van der Waals surface area contributed by atoms with E-state index in [9.17, 15) is 0 Å². The lowest BCUT2D eigenvalue weighted by molar-refractivity contribution is 0.252. The van der Waals surface area contributed by atoms with Gasteiger partial charge in [0.2, 0.25) is 0 Å². The quantitative estimate of drug-likeness (QED) is 0.881. The Bertz CT molecular complexity index is 652. The number of para-hydroxylation sites is 1. The van der Waals surface area contributed by atoms with Crippen molar-refractivity contribution in [2.75, 3.05) is 6.54 Å². The molecule has 1 aromatic carbocycles. The van der Waals surface area contributed by atoms with Crippen molar-refractivity contribution < 1.29 is 0 Å². The van der Waals surface area contributed by atoms with Gasteiger partial charge in [-0.1, -0.05) is 25.1 Å². The van der Waals surface area contributed by atoms with Crippen molar-refractivity contribution in [3.05, 3.63) is 30.0 Å². The van der Waals surface area contributed by atoms with Crippen LogP contribution in [0.5, 0.6) is 0 Å². The molecule has 0 radical (unpaired) electrons. The second-order valence-electron chi connectivity index (χ2n) is 7.35. The molecule has 2 aromatic rings. The Morgan fingerprint density at radius 1 is 1.24 bits per heavy atom. The molecule has 1 atom stereocenters. The molecule has 1 unspecified atom stereocenters. The number of fused-ring (bicyclic) bond motifs is 1. The van der Waals surface area contributed by atoms with E-state index in [4.69, 9.17) is 5.10 Å². The van der Waals surface area contributed by atoms with Crippen LogP contribution in [0.2, 0.25) is 0 Å². The van der Waals surface area contributed by atoms with Crippen molar-refractivity contribution in [3.8, 4) is 0 Å². The van der Waals surface area contributed by atoms with Crippen LogP contribution in [-0.2, 0) is 13.5 Å². The largest absolute Gasteiger partial charge is 0.313 e. The number of hydrogen-bond donors (Lipinski definition) is 1. The molecule has 2 saturated carbocycles. The molecule has 0 aliphatic heterocycles. The van der Waals surface area contributed by atoms with Gasteiger partial charge in [-0.3, -0.25) is 4.68 Å². The van der Waals surface area contributed by atoms with Gasteiger partial charge >= 0.3 is 0 Å². The van der Waals surface area contributed by atoms with Crippen molar-refractivity contribution in [1.82, 2.24) is 15.1 Å². The Hall–Kier alpha value is -1.35. The summed E-state index contributed by atoms with van der Waals surface area (Å²) in [5, 5.41) is 9.91. The average Bonchev–Trinajstić information content (AvgIpc) is 3.38. The Kier molecular flexibility index (Phi) is 3.07. The highest BCUT2D eigenvalue weighted by molar-refractivity contribution is 5.81. The maximum absolute atomic E-state index is 4.82. The number of hydrogen-bond acceptors (Lipinski definition) is 2.